The van der Waals surface area contributed by atoms with Crippen LogP contribution < -0.4 is 5.73 Å². The summed E-state index contributed by atoms with van der Waals surface area (Å²) in [7, 11) is 1.80. The standard InChI is InChI=1S/C17H25N3O/c1-10(2)16-19-12-8-11(18)6-7-13(12)20(16)14-9-15(21-5)17(14,3)4/h6-8,10,14-15H,9,18H2,1-5H3. The second-order valence-electron chi connectivity index (χ2n) is 7.04. The van der Waals surface area contributed by atoms with Gasteiger partial charge < -0.3 is 15.0 Å². The molecule has 0 saturated heterocycles. The molecule has 1 aliphatic rings. The van der Waals surface area contributed by atoms with Crippen LogP contribution in [0.1, 0.15) is 51.9 Å². The van der Waals surface area contributed by atoms with Crippen molar-refractivity contribution in [2.45, 2.75) is 52.2 Å². The number of imidazole rings is 1. The number of benzene rings is 1. The lowest BCUT2D eigenvalue weighted by Crippen LogP contribution is -2.51. The van der Waals surface area contributed by atoms with Gasteiger partial charge in [-0.1, -0.05) is 27.7 Å². The van der Waals surface area contributed by atoms with Crippen LogP contribution in [-0.4, -0.2) is 22.8 Å². The number of nitrogens with two attached hydrogens (primary N) is 1. The Hall–Kier alpha value is -1.55. The van der Waals surface area contributed by atoms with E-state index in [-0.39, 0.29) is 5.41 Å². The largest absolute Gasteiger partial charge is 0.399 e. The molecule has 21 heavy (non-hydrogen) atoms. The maximum Gasteiger partial charge on any atom is 0.112 e. The molecule has 0 amide bonds. The minimum atomic E-state index is 0.118. The molecule has 0 aliphatic heterocycles. The maximum atomic E-state index is 5.91. The number of nitrogens with zero attached hydrogens (tertiary/aromatic N) is 2. The topological polar surface area (TPSA) is 53.1 Å². The van der Waals surface area contributed by atoms with E-state index >= 15 is 0 Å². The molecular weight excluding hydrogens is 262 g/mol. The molecule has 4 heteroatoms. The van der Waals surface area contributed by atoms with Gasteiger partial charge in [0.05, 0.1) is 17.1 Å². The zero-order valence-electron chi connectivity index (χ0n) is 13.6. The molecular formula is C17H25N3O. The number of methoxy groups -OCH3 is 1. The van der Waals surface area contributed by atoms with E-state index in [1.165, 1.54) is 5.52 Å². The first-order valence-corrected chi connectivity index (χ1v) is 7.66. The molecule has 2 atom stereocenters. The van der Waals surface area contributed by atoms with Gasteiger partial charge in [-0.15, -0.1) is 0 Å². The third-order valence-electron chi connectivity index (χ3n) is 4.98. The lowest BCUT2D eigenvalue weighted by atomic mass is 9.64. The summed E-state index contributed by atoms with van der Waals surface area (Å²) in [5, 5.41) is 0. The van der Waals surface area contributed by atoms with E-state index in [2.05, 4.69) is 38.3 Å². The fraction of sp³-hybridized carbons (Fsp3) is 0.588. The maximum absolute atomic E-state index is 5.91. The van der Waals surface area contributed by atoms with Crippen molar-refractivity contribution in [3.63, 3.8) is 0 Å². The van der Waals surface area contributed by atoms with Gasteiger partial charge in [-0.05, 0) is 24.6 Å². The number of hydrogen-bond acceptors (Lipinski definition) is 3. The van der Waals surface area contributed by atoms with Crippen LogP contribution in [0.4, 0.5) is 5.69 Å². The summed E-state index contributed by atoms with van der Waals surface area (Å²) in [4.78, 5) is 4.83. The third-order valence-corrected chi connectivity index (χ3v) is 4.98. The van der Waals surface area contributed by atoms with Gasteiger partial charge in [-0.3, -0.25) is 0 Å². The van der Waals surface area contributed by atoms with E-state index in [9.17, 15) is 0 Å². The van der Waals surface area contributed by atoms with Gasteiger partial charge in [0.25, 0.3) is 0 Å². The predicted octanol–water partition coefficient (Wildman–Crippen LogP) is 3.73. The van der Waals surface area contributed by atoms with Gasteiger partial charge in [0.2, 0.25) is 0 Å². The summed E-state index contributed by atoms with van der Waals surface area (Å²) < 4.78 is 8.02. The molecule has 114 valence electrons. The summed E-state index contributed by atoms with van der Waals surface area (Å²) in [6.07, 6.45) is 1.35. The SMILES string of the molecule is COC1CC(n2c(C(C)C)nc3cc(N)ccc32)C1(C)C. The molecule has 0 bridgehead atoms. The molecule has 0 radical (unpaired) electrons. The van der Waals surface area contributed by atoms with Crippen molar-refractivity contribution in [2.24, 2.45) is 5.41 Å². The van der Waals surface area contributed by atoms with Crippen LogP contribution in [0, 0.1) is 5.41 Å². The van der Waals surface area contributed by atoms with E-state index in [0.717, 1.165) is 23.4 Å². The number of nitrogen functional groups attached to an aromatic ring is 1. The molecule has 1 fully saturated rings. The Kier molecular flexibility index (Phi) is 3.24. The third kappa shape index (κ3) is 2.04. The van der Waals surface area contributed by atoms with Crippen molar-refractivity contribution in [3.8, 4) is 0 Å². The Balaban J connectivity index is 2.15. The van der Waals surface area contributed by atoms with Crippen molar-refractivity contribution in [1.29, 1.82) is 0 Å². The van der Waals surface area contributed by atoms with Crippen molar-refractivity contribution >= 4 is 16.7 Å². The molecule has 1 heterocycles. The van der Waals surface area contributed by atoms with Crippen LogP contribution >= 0.6 is 0 Å². The Morgan fingerprint density at radius 3 is 2.67 bits per heavy atom. The normalized spacial score (nSPS) is 24.5. The van der Waals surface area contributed by atoms with Crippen LogP contribution in [0.15, 0.2) is 18.2 Å². The van der Waals surface area contributed by atoms with Gasteiger partial charge in [0.15, 0.2) is 0 Å². The van der Waals surface area contributed by atoms with Crippen LogP contribution in [-0.2, 0) is 4.74 Å². The average Bonchev–Trinajstić information content (AvgIpc) is 2.76. The van der Waals surface area contributed by atoms with Crippen LogP contribution in [0.2, 0.25) is 0 Å². The van der Waals surface area contributed by atoms with Crippen LogP contribution in [0.5, 0.6) is 0 Å². The van der Waals surface area contributed by atoms with Gasteiger partial charge in [0.1, 0.15) is 5.82 Å². The summed E-state index contributed by atoms with van der Waals surface area (Å²) in [6.45, 7) is 8.95. The Morgan fingerprint density at radius 1 is 1.38 bits per heavy atom. The lowest BCUT2D eigenvalue weighted by Gasteiger charge is -2.52. The first-order valence-electron chi connectivity index (χ1n) is 7.66. The van der Waals surface area contributed by atoms with Crippen molar-refractivity contribution in [1.82, 2.24) is 9.55 Å². The predicted molar refractivity (Wildman–Crippen MR) is 86.5 cm³/mol. The molecule has 2 aromatic rings. The zero-order valence-corrected chi connectivity index (χ0v) is 13.6. The van der Waals surface area contributed by atoms with E-state index in [1.807, 2.05) is 12.1 Å². The molecule has 2 unspecified atom stereocenters. The van der Waals surface area contributed by atoms with Gasteiger partial charge in [-0.2, -0.15) is 0 Å². The second kappa shape index (κ2) is 4.73. The fourth-order valence-corrected chi connectivity index (χ4v) is 3.57. The molecule has 1 aromatic carbocycles. The number of fused-ring (bicyclic) bond motifs is 1. The zero-order chi connectivity index (χ0) is 15.4. The van der Waals surface area contributed by atoms with E-state index in [4.69, 9.17) is 15.5 Å². The molecule has 1 saturated carbocycles. The highest BCUT2D eigenvalue weighted by Crippen LogP contribution is 2.52. The lowest BCUT2D eigenvalue weighted by molar-refractivity contribution is -0.112. The smallest absolute Gasteiger partial charge is 0.112 e. The van der Waals surface area contributed by atoms with Gasteiger partial charge >= 0.3 is 0 Å². The number of rotatable bonds is 3. The Morgan fingerprint density at radius 2 is 2.10 bits per heavy atom. The Labute approximate surface area is 126 Å². The van der Waals surface area contributed by atoms with Crippen LogP contribution in [0.25, 0.3) is 11.0 Å². The van der Waals surface area contributed by atoms with E-state index in [1.54, 1.807) is 7.11 Å². The fourth-order valence-electron chi connectivity index (χ4n) is 3.57. The van der Waals surface area contributed by atoms with Gasteiger partial charge in [-0.25, -0.2) is 4.98 Å². The van der Waals surface area contributed by atoms with Crippen molar-refractivity contribution < 1.29 is 4.74 Å². The van der Waals surface area contributed by atoms with E-state index in [0.29, 0.717) is 18.1 Å². The minimum Gasteiger partial charge on any atom is -0.399 e. The molecule has 4 nitrogen and oxygen atoms in total. The summed E-state index contributed by atoms with van der Waals surface area (Å²) in [5.74, 6) is 1.53. The average molecular weight is 287 g/mol. The number of aromatic nitrogens is 2. The first kappa shape index (κ1) is 14.4. The number of ether oxygens (including phenoxy) is 1. The highest BCUT2D eigenvalue weighted by molar-refractivity contribution is 5.80. The molecule has 0 spiro atoms. The monoisotopic (exact) mass is 287 g/mol. The van der Waals surface area contributed by atoms with Crippen molar-refractivity contribution in [2.75, 3.05) is 12.8 Å². The van der Waals surface area contributed by atoms with Gasteiger partial charge in [0, 0.05) is 30.2 Å². The van der Waals surface area contributed by atoms with Crippen LogP contribution in [0.3, 0.4) is 0 Å². The summed E-state index contributed by atoms with van der Waals surface area (Å²) >= 11 is 0. The number of anilines is 1. The Bertz CT molecular complexity index is 672. The molecule has 1 aliphatic carbocycles. The summed E-state index contributed by atoms with van der Waals surface area (Å²) in [6, 6.07) is 6.45. The molecule has 1 aromatic heterocycles. The second-order valence-corrected chi connectivity index (χ2v) is 7.04. The quantitative estimate of drug-likeness (QED) is 0.875. The minimum absolute atomic E-state index is 0.118. The van der Waals surface area contributed by atoms with Crippen molar-refractivity contribution in [3.05, 3.63) is 24.0 Å². The molecule has 3 rings (SSSR count). The number of hydrogen-bond donors (Lipinski definition) is 1. The van der Waals surface area contributed by atoms with E-state index < -0.39 is 0 Å². The first-order chi connectivity index (χ1) is 9.86. The molecule has 2 N–H and O–H groups in total. The highest BCUT2D eigenvalue weighted by Gasteiger charge is 2.50. The highest BCUT2D eigenvalue weighted by atomic mass is 16.5. The summed E-state index contributed by atoms with van der Waals surface area (Å²) in [5.41, 5.74) is 8.97.